The molecule has 1 saturated heterocycles. The van der Waals surface area contributed by atoms with Crippen molar-refractivity contribution >= 4 is 27.9 Å². The van der Waals surface area contributed by atoms with Crippen LogP contribution in [0.1, 0.15) is 126 Å². The Morgan fingerprint density at radius 1 is 0.820 bits per heavy atom. The zero-order valence-electron chi connectivity index (χ0n) is 38.9. The molecule has 1 amide bonds. The fourth-order valence-electron chi connectivity index (χ4n) is 15.8. The summed E-state index contributed by atoms with van der Waals surface area (Å²) in [6.45, 7) is 25.6. The Morgan fingerprint density at radius 2 is 1.52 bits per heavy atom. The summed E-state index contributed by atoms with van der Waals surface area (Å²) in [6.07, 6.45) is 10.6. The van der Waals surface area contributed by atoms with Gasteiger partial charge in [0.05, 0.1) is 29.9 Å². The number of allylic oxidation sites excluding steroid dienone is 1. The number of carboxylic acid groups (broad SMARTS) is 1. The molecule has 13 atom stereocenters. The van der Waals surface area contributed by atoms with Gasteiger partial charge in [-0.3, -0.25) is 14.5 Å². The maximum atomic E-state index is 13.7. The maximum Gasteiger partial charge on any atom is 0.407 e. The monoisotopic (exact) mass is 874 g/mol. The minimum Gasteiger partial charge on any atom is -0.481 e. The normalized spacial score (nSPS) is 42.6. The molecular formula is C48H79N3O9S. The van der Waals surface area contributed by atoms with E-state index >= 15 is 0 Å². The molecule has 1 heterocycles. The van der Waals surface area contributed by atoms with Gasteiger partial charge in [0.1, 0.15) is 12.7 Å². The van der Waals surface area contributed by atoms with Crippen LogP contribution in [0, 0.1) is 68.5 Å². The average molecular weight is 874 g/mol. The molecule has 0 spiro atoms. The molecule has 13 heteroatoms. The number of carboxylic acids is 1. The van der Waals surface area contributed by atoms with Gasteiger partial charge in [-0.15, -0.1) is 0 Å². The predicted octanol–water partition coefficient (Wildman–Crippen LogP) is 7.12. The van der Waals surface area contributed by atoms with Crippen LogP contribution in [0.15, 0.2) is 12.2 Å². The molecule has 1 unspecified atom stereocenters. The number of rotatable bonds is 13. The third kappa shape index (κ3) is 7.91. The highest BCUT2D eigenvalue weighted by molar-refractivity contribution is 7.91. The Morgan fingerprint density at radius 3 is 2.16 bits per heavy atom. The summed E-state index contributed by atoms with van der Waals surface area (Å²) in [5, 5.41) is 16.9. The van der Waals surface area contributed by atoms with Crippen molar-refractivity contribution in [3.63, 3.8) is 0 Å². The maximum absolute atomic E-state index is 13.7. The van der Waals surface area contributed by atoms with Crippen LogP contribution in [-0.4, -0.2) is 112 Å². The van der Waals surface area contributed by atoms with Gasteiger partial charge in [-0.25, -0.2) is 13.2 Å². The molecular weight excluding hydrogens is 795 g/mol. The van der Waals surface area contributed by atoms with Crippen LogP contribution >= 0.6 is 0 Å². The number of nitrogens with one attached hydrogen (secondary N) is 2. The Bertz CT molecular complexity index is 1810. The van der Waals surface area contributed by atoms with Gasteiger partial charge in [-0.05, 0) is 129 Å². The molecule has 1 aliphatic heterocycles. The number of amides is 1. The first-order valence-electron chi connectivity index (χ1n) is 23.7. The van der Waals surface area contributed by atoms with E-state index in [4.69, 9.17) is 14.2 Å². The van der Waals surface area contributed by atoms with Gasteiger partial charge in [0.2, 0.25) is 0 Å². The number of hydrogen-bond donors (Lipinski definition) is 3. The van der Waals surface area contributed by atoms with Crippen LogP contribution in [-0.2, 0) is 33.6 Å². The van der Waals surface area contributed by atoms with Crippen LogP contribution in [0.5, 0.6) is 0 Å². The molecule has 7 rings (SSSR count). The quantitative estimate of drug-likeness (QED) is 0.0983. The molecule has 12 nitrogen and oxygen atoms in total. The molecule has 0 aromatic carbocycles. The summed E-state index contributed by atoms with van der Waals surface area (Å²) < 4.78 is 41.7. The van der Waals surface area contributed by atoms with Crippen molar-refractivity contribution in [3.05, 3.63) is 12.2 Å². The molecule has 6 saturated carbocycles. The van der Waals surface area contributed by atoms with Crippen molar-refractivity contribution in [3.8, 4) is 0 Å². The van der Waals surface area contributed by atoms with E-state index in [1.807, 2.05) is 13.8 Å². The molecule has 0 aromatic heterocycles. The molecule has 0 radical (unpaired) electrons. The van der Waals surface area contributed by atoms with Gasteiger partial charge in [-0.1, -0.05) is 60.6 Å². The van der Waals surface area contributed by atoms with Gasteiger partial charge in [0.25, 0.3) is 0 Å². The number of alkyl carbamates (subject to hydrolysis) is 1. The second-order valence-electron chi connectivity index (χ2n) is 22.9. The zero-order chi connectivity index (χ0) is 44.6. The van der Waals surface area contributed by atoms with E-state index in [0.717, 1.165) is 51.4 Å². The van der Waals surface area contributed by atoms with Crippen LogP contribution in [0.25, 0.3) is 0 Å². The Hall–Kier alpha value is -2.22. The first-order valence-corrected chi connectivity index (χ1v) is 25.5. The number of carbonyl (C=O) groups is 3. The third-order valence-corrected chi connectivity index (χ3v) is 21.3. The van der Waals surface area contributed by atoms with E-state index in [2.05, 4.69) is 63.7 Å². The Balaban J connectivity index is 1.09. The molecule has 7 aliphatic rings. The fraction of sp³-hybridized carbons (Fsp3) is 0.896. The lowest BCUT2D eigenvalue weighted by molar-refractivity contribution is -0.248. The van der Waals surface area contributed by atoms with Gasteiger partial charge < -0.3 is 30.0 Å². The predicted molar refractivity (Wildman–Crippen MR) is 235 cm³/mol. The highest BCUT2D eigenvalue weighted by atomic mass is 32.2. The van der Waals surface area contributed by atoms with E-state index in [1.54, 1.807) is 7.11 Å². The summed E-state index contributed by atoms with van der Waals surface area (Å²) >= 11 is 0. The molecule has 346 valence electrons. The molecule has 0 aromatic rings. The number of esters is 1. The van der Waals surface area contributed by atoms with Crippen LogP contribution in [0.2, 0.25) is 0 Å². The second kappa shape index (κ2) is 16.6. The number of hydrogen-bond acceptors (Lipinski definition) is 10. The van der Waals surface area contributed by atoms with E-state index in [0.29, 0.717) is 68.8 Å². The molecule has 7 fully saturated rings. The van der Waals surface area contributed by atoms with Crippen LogP contribution in [0.3, 0.4) is 0 Å². The molecule has 61 heavy (non-hydrogen) atoms. The number of carbonyl (C=O) groups excluding carboxylic acids is 2. The van der Waals surface area contributed by atoms with Crippen LogP contribution < -0.4 is 10.6 Å². The van der Waals surface area contributed by atoms with Crippen molar-refractivity contribution in [1.29, 1.82) is 0 Å². The lowest BCUT2D eigenvalue weighted by Crippen LogP contribution is -2.69. The standard InChI is InChI=1S/C48H79N3O9S/c1-30(2)32-13-18-48(50-29-31(28-49-42(55)59-24-23-58-10)51-21-25-61(56,57)26-22-51)20-19-46(8)33(39(32)48)11-12-37-45(7)16-15-38(44(5,6)36(45)14-17-47(37,46)9)60-41(54)35-27-34(40(52)53)43(35,3)4/h31-39,50H,1,11-29H2,2-10H3,(H,49,55)(H,52,53)/t31?,32-,33+,34-,35+,36-,37+,38-,39+,45-,46+,47+,48-/m0/s1. The topological polar surface area (TPSA) is 161 Å². The number of nitrogens with zero attached hydrogens (tertiary/aromatic N) is 1. The van der Waals surface area contributed by atoms with Crippen molar-refractivity contribution in [1.82, 2.24) is 15.5 Å². The summed E-state index contributed by atoms with van der Waals surface area (Å²) in [7, 11) is -1.50. The molecule has 3 N–H and O–H groups in total. The van der Waals surface area contributed by atoms with Crippen molar-refractivity contribution in [2.45, 2.75) is 144 Å². The van der Waals surface area contributed by atoms with Gasteiger partial charge >= 0.3 is 18.0 Å². The summed E-state index contributed by atoms with van der Waals surface area (Å²) in [6, 6.07) is -0.0826. The first kappa shape index (κ1) is 46.8. The largest absolute Gasteiger partial charge is 0.481 e. The number of methoxy groups -OCH3 is 1. The van der Waals surface area contributed by atoms with Crippen LogP contribution in [0.4, 0.5) is 4.79 Å². The highest BCUT2D eigenvalue weighted by Crippen LogP contribution is 2.76. The minimum absolute atomic E-state index is 0.0689. The fourth-order valence-corrected chi connectivity index (χ4v) is 17.0. The summed E-state index contributed by atoms with van der Waals surface area (Å²) in [5.41, 5.74) is 0.791. The highest BCUT2D eigenvalue weighted by Gasteiger charge is 2.71. The lowest BCUT2D eigenvalue weighted by atomic mass is 9.32. The third-order valence-electron chi connectivity index (χ3n) is 19.7. The van der Waals surface area contributed by atoms with E-state index < -0.39 is 33.2 Å². The van der Waals surface area contributed by atoms with E-state index in [1.165, 1.54) is 18.4 Å². The Kier molecular flexibility index (Phi) is 12.8. The number of sulfone groups is 1. The van der Waals surface area contributed by atoms with Crippen molar-refractivity contribution < 1.29 is 42.1 Å². The summed E-state index contributed by atoms with van der Waals surface area (Å²) in [5.74, 6) is 0.674. The second-order valence-corrected chi connectivity index (χ2v) is 25.2. The van der Waals surface area contributed by atoms with Gasteiger partial charge in [-0.2, -0.15) is 0 Å². The van der Waals surface area contributed by atoms with Gasteiger partial charge in [0, 0.05) is 50.3 Å². The summed E-state index contributed by atoms with van der Waals surface area (Å²) in [4.78, 5) is 40.4. The SMILES string of the molecule is C=C(C)[C@@H]1CC[C@]2(NCC(CNC(=O)OCCOC)N3CCS(=O)(=O)CC3)CC[C@]3(C)[C@H](CC[C@@H]4[C@@]5(C)CC[C@H](OC(=O)[C@H]6C[C@@H](C(=O)O)C6(C)C)C(C)(C)[C@@H]5CC[C@]43C)[C@@H]12. The first-order chi connectivity index (χ1) is 28.5. The van der Waals surface area contributed by atoms with Crippen molar-refractivity contribution in [2.24, 2.45) is 68.5 Å². The smallest absolute Gasteiger partial charge is 0.407 e. The molecule has 0 bridgehead atoms. The van der Waals surface area contributed by atoms with Crippen molar-refractivity contribution in [2.75, 3.05) is 58.0 Å². The average Bonchev–Trinajstić information content (AvgIpc) is 3.56. The lowest BCUT2D eigenvalue weighted by Gasteiger charge is -2.73. The Labute approximate surface area is 366 Å². The number of fused-ring (bicyclic) bond motifs is 7. The molecule has 6 aliphatic carbocycles. The number of aliphatic carboxylic acids is 1. The van der Waals surface area contributed by atoms with E-state index in [9.17, 15) is 27.9 Å². The minimum atomic E-state index is -3.07. The van der Waals surface area contributed by atoms with E-state index in [-0.39, 0.29) is 69.3 Å². The zero-order valence-corrected chi connectivity index (χ0v) is 39.7. The number of ether oxygens (including phenoxy) is 3. The van der Waals surface area contributed by atoms with Gasteiger partial charge in [0.15, 0.2) is 9.84 Å².